The summed E-state index contributed by atoms with van der Waals surface area (Å²) >= 11 is 0. The lowest BCUT2D eigenvalue weighted by Crippen LogP contribution is -2.46. The fraction of sp³-hybridized carbons (Fsp3) is 0.450. The number of unbranched alkanes of at least 4 members (excludes halogenated alkanes) is 1. The van der Waals surface area contributed by atoms with Crippen LogP contribution < -0.4 is 9.62 Å². The van der Waals surface area contributed by atoms with Gasteiger partial charge in [-0.15, -0.1) is 0 Å². The Morgan fingerprint density at radius 1 is 1.04 bits per heavy atom. The van der Waals surface area contributed by atoms with Gasteiger partial charge in [-0.25, -0.2) is 13.4 Å². The molecule has 1 N–H and O–H groups in total. The van der Waals surface area contributed by atoms with Crippen molar-refractivity contribution in [3.63, 3.8) is 0 Å². The van der Waals surface area contributed by atoms with Crippen molar-refractivity contribution >= 4 is 21.5 Å². The number of hydrogen-bond donors (Lipinski definition) is 1. The Morgan fingerprint density at radius 3 is 2.41 bits per heavy atom. The van der Waals surface area contributed by atoms with Crippen LogP contribution in [0.15, 0.2) is 48.7 Å². The molecule has 7 heteroatoms. The number of nitrogens with one attached hydrogen (secondary N) is 1. The molecule has 27 heavy (non-hydrogen) atoms. The van der Waals surface area contributed by atoms with Crippen LogP contribution in [0.4, 0.5) is 11.5 Å². The first-order chi connectivity index (χ1) is 13.1. The van der Waals surface area contributed by atoms with Crippen LogP contribution in [0.2, 0.25) is 0 Å². The van der Waals surface area contributed by atoms with Crippen LogP contribution in [0.3, 0.4) is 0 Å². The zero-order chi connectivity index (χ0) is 19.1. The predicted octanol–water partition coefficient (Wildman–Crippen LogP) is 2.95. The molecule has 1 fully saturated rings. The molecular formula is C20H28N4O2S. The Hall–Kier alpha value is -2.12. The molecule has 0 radical (unpaired) electrons. The number of piperazine rings is 1. The molecule has 1 saturated heterocycles. The first-order valence-electron chi connectivity index (χ1n) is 9.53. The second kappa shape index (κ2) is 9.19. The topological polar surface area (TPSA) is 65.5 Å². The average Bonchev–Trinajstić information content (AvgIpc) is 2.68. The summed E-state index contributed by atoms with van der Waals surface area (Å²) in [5.41, 5.74) is 2.37. The molecule has 2 aromatic rings. The van der Waals surface area contributed by atoms with E-state index in [1.54, 1.807) is 12.3 Å². The van der Waals surface area contributed by atoms with Crippen LogP contribution in [-0.2, 0) is 16.6 Å². The monoisotopic (exact) mass is 388 g/mol. The molecule has 1 aliphatic heterocycles. The van der Waals surface area contributed by atoms with Gasteiger partial charge in [0.25, 0.3) is 0 Å². The molecule has 1 aromatic carbocycles. The van der Waals surface area contributed by atoms with Gasteiger partial charge in [0.05, 0.1) is 17.6 Å². The SMILES string of the molecule is CCCCS(=O)(=O)Nc1ccc(N2CCN(Cc3ccccc3)CC2)cn1. The Balaban J connectivity index is 1.51. The summed E-state index contributed by atoms with van der Waals surface area (Å²) in [5, 5.41) is 0. The van der Waals surface area contributed by atoms with E-state index in [0.717, 1.165) is 44.8 Å². The highest BCUT2D eigenvalue weighted by Gasteiger charge is 2.18. The number of pyridine rings is 1. The normalized spacial score (nSPS) is 15.7. The smallest absolute Gasteiger partial charge is 0.233 e. The molecule has 0 bridgehead atoms. The summed E-state index contributed by atoms with van der Waals surface area (Å²) in [4.78, 5) is 9.04. The highest BCUT2D eigenvalue weighted by molar-refractivity contribution is 7.92. The summed E-state index contributed by atoms with van der Waals surface area (Å²) in [5.74, 6) is 0.522. The molecule has 0 unspecified atom stereocenters. The van der Waals surface area contributed by atoms with Gasteiger partial charge in [0.1, 0.15) is 5.82 Å². The fourth-order valence-corrected chi connectivity index (χ4v) is 4.39. The third-order valence-electron chi connectivity index (χ3n) is 4.76. The molecule has 0 atom stereocenters. The van der Waals surface area contributed by atoms with E-state index in [0.29, 0.717) is 12.2 Å². The van der Waals surface area contributed by atoms with Gasteiger partial charge in [0.2, 0.25) is 10.0 Å². The zero-order valence-electron chi connectivity index (χ0n) is 15.8. The van der Waals surface area contributed by atoms with Gasteiger partial charge in [-0.1, -0.05) is 43.7 Å². The van der Waals surface area contributed by atoms with Crippen molar-refractivity contribution in [3.8, 4) is 0 Å². The largest absolute Gasteiger partial charge is 0.368 e. The predicted molar refractivity (Wildman–Crippen MR) is 110 cm³/mol. The van der Waals surface area contributed by atoms with Gasteiger partial charge < -0.3 is 4.90 Å². The van der Waals surface area contributed by atoms with Crippen LogP contribution in [-0.4, -0.2) is 50.2 Å². The molecule has 6 nitrogen and oxygen atoms in total. The molecule has 2 heterocycles. The summed E-state index contributed by atoms with van der Waals surface area (Å²) < 4.78 is 26.5. The standard InChI is InChI=1S/C20H28N4O2S/c1-2-3-15-27(25,26)22-20-10-9-19(16-21-20)24-13-11-23(12-14-24)17-18-7-5-4-6-8-18/h4-10,16H,2-3,11-15,17H2,1H3,(H,21,22). The van der Waals surface area contributed by atoms with Gasteiger partial charge in [0, 0.05) is 32.7 Å². The van der Waals surface area contributed by atoms with Crippen molar-refractivity contribution in [1.29, 1.82) is 0 Å². The van der Waals surface area contributed by atoms with Crippen LogP contribution in [0, 0.1) is 0 Å². The van der Waals surface area contributed by atoms with Gasteiger partial charge in [0.15, 0.2) is 0 Å². The van der Waals surface area contributed by atoms with Gasteiger partial charge in [-0.05, 0) is 24.1 Å². The van der Waals surface area contributed by atoms with E-state index in [4.69, 9.17) is 0 Å². The molecule has 3 rings (SSSR count). The minimum Gasteiger partial charge on any atom is -0.368 e. The Labute approximate surface area is 162 Å². The first-order valence-corrected chi connectivity index (χ1v) is 11.2. The first kappa shape index (κ1) is 19.6. The third-order valence-corrected chi connectivity index (χ3v) is 6.11. The van der Waals surface area contributed by atoms with Crippen LogP contribution >= 0.6 is 0 Å². The van der Waals surface area contributed by atoms with Crippen molar-refractivity contribution < 1.29 is 8.42 Å². The minimum absolute atomic E-state index is 0.135. The van der Waals surface area contributed by atoms with Gasteiger partial charge in [-0.3, -0.25) is 9.62 Å². The van der Waals surface area contributed by atoms with E-state index in [1.165, 1.54) is 5.56 Å². The molecular weight excluding hydrogens is 360 g/mol. The molecule has 1 aromatic heterocycles. The number of benzene rings is 1. The highest BCUT2D eigenvalue weighted by Crippen LogP contribution is 2.18. The molecule has 0 spiro atoms. The number of hydrogen-bond acceptors (Lipinski definition) is 5. The van der Waals surface area contributed by atoms with Gasteiger partial charge >= 0.3 is 0 Å². The van der Waals surface area contributed by atoms with E-state index in [1.807, 2.05) is 19.1 Å². The summed E-state index contributed by atoms with van der Waals surface area (Å²) in [6, 6.07) is 14.2. The molecule has 0 saturated carbocycles. The maximum absolute atomic E-state index is 12.0. The second-order valence-corrected chi connectivity index (χ2v) is 8.77. The lowest BCUT2D eigenvalue weighted by Gasteiger charge is -2.36. The number of sulfonamides is 1. The van der Waals surface area contributed by atoms with E-state index in [2.05, 4.69) is 43.8 Å². The van der Waals surface area contributed by atoms with Crippen LogP contribution in [0.5, 0.6) is 0 Å². The van der Waals surface area contributed by atoms with Crippen molar-refractivity contribution in [1.82, 2.24) is 9.88 Å². The van der Waals surface area contributed by atoms with Crippen molar-refractivity contribution in [3.05, 3.63) is 54.2 Å². The Kier molecular flexibility index (Phi) is 6.68. The van der Waals surface area contributed by atoms with Crippen LogP contribution in [0.25, 0.3) is 0 Å². The summed E-state index contributed by atoms with van der Waals surface area (Å²) in [7, 11) is -3.30. The zero-order valence-corrected chi connectivity index (χ0v) is 16.7. The number of anilines is 2. The summed E-state index contributed by atoms with van der Waals surface area (Å²) in [6.45, 7) is 6.83. The molecule has 0 aliphatic carbocycles. The summed E-state index contributed by atoms with van der Waals surface area (Å²) in [6.07, 6.45) is 3.26. The lowest BCUT2D eigenvalue weighted by molar-refractivity contribution is 0.250. The van der Waals surface area contributed by atoms with Crippen LogP contribution in [0.1, 0.15) is 25.3 Å². The maximum atomic E-state index is 12.0. The second-order valence-electron chi connectivity index (χ2n) is 6.92. The molecule has 1 aliphatic rings. The van der Waals surface area contributed by atoms with E-state index < -0.39 is 10.0 Å². The van der Waals surface area contributed by atoms with Gasteiger partial charge in [-0.2, -0.15) is 0 Å². The molecule has 0 amide bonds. The third kappa shape index (κ3) is 5.94. The van der Waals surface area contributed by atoms with Crippen molar-refractivity contribution in [2.45, 2.75) is 26.3 Å². The number of nitrogens with zero attached hydrogens (tertiary/aromatic N) is 3. The number of rotatable bonds is 8. The Morgan fingerprint density at radius 2 is 1.78 bits per heavy atom. The maximum Gasteiger partial charge on any atom is 0.233 e. The Bertz CT molecular complexity index is 802. The fourth-order valence-electron chi connectivity index (χ4n) is 3.18. The average molecular weight is 389 g/mol. The lowest BCUT2D eigenvalue weighted by atomic mass is 10.2. The molecule has 146 valence electrons. The number of aromatic nitrogens is 1. The van der Waals surface area contributed by atoms with Crippen molar-refractivity contribution in [2.24, 2.45) is 0 Å². The minimum atomic E-state index is -3.30. The van der Waals surface area contributed by atoms with E-state index in [9.17, 15) is 8.42 Å². The van der Waals surface area contributed by atoms with E-state index >= 15 is 0 Å². The van der Waals surface area contributed by atoms with Crippen molar-refractivity contribution in [2.75, 3.05) is 41.6 Å². The highest BCUT2D eigenvalue weighted by atomic mass is 32.2. The quantitative estimate of drug-likeness (QED) is 0.753. The van der Waals surface area contributed by atoms with E-state index in [-0.39, 0.29) is 5.75 Å².